The molecular weight excluding hydrogens is 226 g/mol. The zero-order valence-electron chi connectivity index (χ0n) is 12.5. The number of carbonyl (C=O) groups is 1. The molecule has 0 atom stereocenters. The molecule has 0 aliphatic heterocycles. The molecule has 108 valence electrons. The van der Waals surface area contributed by atoms with Crippen molar-refractivity contribution in [2.45, 2.75) is 65.7 Å². The number of ether oxygens (including phenoxy) is 1. The van der Waals surface area contributed by atoms with Gasteiger partial charge in [-0.3, -0.25) is 9.69 Å². The summed E-state index contributed by atoms with van der Waals surface area (Å²) >= 11 is 0. The van der Waals surface area contributed by atoms with Crippen molar-refractivity contribution in [3.63, 3.8) is 0 Å². The van der Waals surface area contributed by atoms with E-state index in [1.165, 1.54) is 44.9 Å². The van der Waals surface area contributed by atoms with Crippen LogP contribution >= 0.6 is 0 Å². The molecule has 0 saturated heterocycles. The molecule has 0 aromatic heterocycles. The molecule has 0 fully saturated rings. The highest BCUT2D eigenvalue weighted by atomic mass is 16.5. The Morgan fingerprint density at radius 3 is 2.11 bits per heavy atom. The second-order valence-corrected chi connectivity index (χ2v) is 4.80. The van der Waals surface area contributed by atoms with Gasteiger partial charge in [-0.15, -0.1) is 0 Å². The van der Waals surface area contributed by atoms with Crippen LogP contribution in [0.1, 0.15) is 65.7 Å². The van der Waals surface area contributed by atoms with Crippen molar-refractivity contribution in [2.75, 3.05) is 26.2 Å². The first-order chi connectivity index (χ1) is 8.74. The molecule has 0 aromatic carbocycles. The molecule has 0 rings (SSSR count). The number of likely N-dealkylation sites (N-methyl/N-ethyl adjacent to an activating group) is 1. The molecule has 0 aliphatic rings. The van der Waals surface area contributed by atoms with E-state index in [0.717, 1.165) is 13.1 Å². The summed E-state index contributed by atoms with van der Waals surface area (Å²) in [6.07, 6.45) is 9.21. The second-order valence-electron chi connectivity index (χ2n) is 4.80. The topological polar surface area (TPSA) is 29.5 Å². The number of hydrogen-bond acceptors (Lipinski definition) is 3. The summed E-state index contributed by atoms with van der Waals surface area (Å²) in [4.78, 5) is 13.5. The van der Waals surface area contributed by atoms with Crippen molar-refractivity contribution < 1.29 is 9.53 Å². The first-order valence-corrected chi connectivity index (χ1v) is 7.62. The van der Waals surface area contributed by atoms with Gasteiger partial charge in [-0.2, -0.15) is 0 Å². The van der Waals surface area contributed by atoms with Gasteiger partial charge >= 0.3 is 5.97 Å². The zero-order valence-corrected chi connectivity index (χ0v) is 12.5. The summed E-state index contributed by atoms with van der Waals surface area (Å²) in [5, 5.41) is 0. The third kappa shape index (κ3) is 10.6. The minimum atomic E-state index is -0.0951. The Bertz CT molecular complexity index is 195. The molecule has 0 radical (unpaired) electrons. The fraction of sp³-hybridized carbons (Fsp3) is 0.933. The van der Waals surface area contributed by atoms with E-state index in [-0.39, 0.29) is 5.97 Å². The highest BCUT2D eigenvalue weighted by Gasteiger charge is 2.08. The summed E-state index contributed by atoms with van der Waals surface area (Å²) in [7, 11) is 0. The minimum Gasteiger partial charge on any atom is -0.465 e. The Morgan fingerprint density at radius 1 is 0.944 bits per heavy atom. The summed E-state index contributed by atoms with van der Waals surface area (Å²) in [6, 6.07) is 0. The first kappa shape index (κ1) is 17.4. The van der Waals surface area contributed by atoms with Gasteiger partial charge in [-0.1, -0.05) is 52.4 Å². The van der Waals surface area contributed by atoms with E-state index in [9.17, 15) is 4.79 Å². The van der Waals surface area contributed by atoms with Gasteiger partial charge < -0.3 is 4.74 Å². The van der Waals surface area contributed by atoms with E-state index in [1.807, 2.05) is 6.92 Å². The monoisotopic (exact) mass is 257 g/mol. The Morgan fingerprint density at radius 2 is 1.56 bits per heavy atom. The Hall–Kier alpha value is -0.570. The lowest BCUT2D eigenvalue weighted by Crippen LogP contribution is -2.31. The summed E-state index contributed by atoms with van der Waals surface area (Å²) in [5.41, 5.74) is 0. The van der Waals surface area contributed by atoms with Crippen molar-refractivity contribution in [1.29, 1.82) is 0 Å². The van der Waals surface area contributed by atoms with Crippen LogP contribution in [0.15, 0.2) is 0 Å². The van der Waals surface area contributed by atoms with Gasteiger partial charge in [0.15, 0.2) is 0 Å². The first-order valence-electron chi connectivity index (χ1n) is 7.62. The maximum Gasteiger partial charge on any atom is 0.320 e. The van der Waals surface area contributed by atoms with Crippen LogP contribution in [0.2, 0.25) is 0 Å². The second kappa shape index (κ2) is 12.9. The van der Waals surface area contributed by atoms with Gasteiger partial charge in [0.2, 0.25) is 0 Å². The minimum absolute atomic E-state index is 0.0951. The third-order valence-electron chi connectivity index (χ3n) is 3.18. The largest absolute Gasteiger partial charge is 0.465 e. The van der Waals surface area contributed by atoms with E-state index < -0.39 is 0 Å². The number of esters is 1. The Labute approximate surface area is 113 Å². The van der Waals surface area contributed by atoms with Crippen molar-refractivity contribution in [3.8, 4) is 0 Å². The standard InChI is InChI=1S/C15H31NO2/c1-4-7-8-9-10-11-12-13-16(5-2)14-15(17)18-6-3/h4-14H2,1-3H3. The molecule has 0 amide bonds. The number of hydrogen-bond donors (Lipinski definition) is 0. The van der Waals surface area contributed by atoms with Gasteiger partial charge in [0.05, 0.1) is 13.2 Å². The van der Waals surface area contributed by atoms with Crippen LogP contribution < -0.4 is 0 Å². The van der Waals surface area contributed by atoms with Gasteiger partial charge in [-0.25, -0.2) is 0 Å². The Balaban J connectivity index is 3.46. The van der Waals surface area contributed by atoms with Crippen molar-refractivity contribution in [2.24, 2.45) is 0 Å². The molecule has 0 saturated carbocycles. The van der Waals surface area contributed by atoms with Crippen LogP contribution in [-0.4, -0.2) is 37.1 Å². The van der Waals surface area contributed by atoms with Crippen LogP contribution in [0.5, 0.6) is 0 Å². The average Bonchev–Trinajstić information content (AvgIpc) is 2.36. The predicted octanol–water partition coefficient (Wildman–Crippen LogP) is 3.62. The highest BCUT2D eigenvalue weighted by Crippen LogP contribution is 2.07. The number of carbonyl (C=O) groups excluding carboxylic acids is 1. The lowest BCUT2D eigenvalue weighted by molar-refractivity contribution is -0.144. The smallest absolute Gasteiger partial charge is 0.320 e. The summed E-state index contributed by atoms with van der Waals surface area (Å²) < 4.78 is 4.97. The van der Waals surface area contributed by atoms with Crippen LogP contribution in [0.4, 0.5) is 0 Å². The molecule has 0 bridgehead atoms. The van der Waals surface area contributed by atoms with Crippen molar-refractivity contribution in [3.05, 3.63) is 0 Å². The molecule has 0 spiro atoms. The Kier molecular flexibility index (Phi) is 12.5. The van der Waals surface area contributed by atoms with Gasteiger partial charge in [0, 0.05) is 0 Å². The fourth-order valence-electron chi connectivity index (χ4n) is 2.03. The van der Waals surface area contributed by atoms with E-state index in [4.69, 9.17) is 4.74 Å². The maximum absolute atomic E-state index is 11.4. The maximum atomic E-state index is 11.4. The van der Waals surface area contributed by atoms with E-state index >= 15 is 0 Å². The molecule has 0 unspecified atom stereocenters. The molecule has 3 nitrogen and oxygen atoms in total. The molecule has 0 heterocycles. The van der Waals surface area contributed by atoms with Crippen LogP contribution in [0.25, 0.3) is 0 Å². The number of nitrogens with zero attached hydrogens (tertiary/aromatic N) is 1. The molecule has 0 aliphatic carbocycles. The van der Waals surface area contributed by atoms with Crippen LogP contribution in [-0.2, 0) is 9.53 Å². The quantitative estimate of drug-likeness (QED) is 0.395. The third-order valence-corrected chi connectivity index (χ3v) is 3.18. The van der Waals surface area contributed by atoms with Gasteiger partial charge in [0.25, 0.3) is 0 Å². The summed E-state index contributed by atoms with van der Waals surface area (Å²) in [6.45, 7) is 9.06. The molecule has 18 heavy (non-hydrogen) atoms. The fourth-order valence-corrected chi connectivity index (χ4v) is 2.03. The molecular formula is C15H31NO2. The van der Waals surface area contributed by atoms with Crippen molar-refractivity contribution >= 4 is 5.97 Å². The SMILES string of the molecule is CCCCCCCCCN(CC)CC(=O)OCC. The molecule has 3 heteroatoms. The predicted molar refractivity (Wildman–Crippen MR) is 76.7 cm³/mol. The number of unbranched alkanes of at least 4 members (excludes halogenated alkanes) is 6. The van der Waals surface area contributed by atoms with Crippen LogP contribution in [0.3, 0.4) is 0 Å². The average molecular weight is 257 g/mol. The normalized spacial score (nSPS) is 10.9. The van der Waals surface area contributed by atoms with Crippen molar-refractivity contribution in [1.82, 2.24) is 4.90 Å². The molecule has 0 aromatic rings. The lowest BCUT2D eigenvalue weighted by atomic mass is 10.1. The zero-order chi connectivity index (χ0) is 13.6. The number of rotatable bonds is 12. The van der Waals surface area contributed by atoms with E-state index in [0.29, 0.717) is 13.2 Å². The van der Waals surface area contributed by atoms with E-state index in [1.54, 1.807) is 0 Å². The van der Waals surface area contributed by atoms with E-state index in [2.05, 4.69) is 18.7 Å². The van der Waals surface area contributed by atoms with Crippen LogP contribution in [0, 0.1) is 0 Å². The summed E-state index contributed by atoms with van der Waals surface area (Å²) in [5.74, 6) is -0.0951. The highest BCUT2D eigenvalue weighted by molar-refractivity contribution is 5.71. The van der Waals surface area contributed by atoms with Gasteiger partial charge in [0.1, 0.15) is 0 Å². The molecule has 0 N–H and O–H groups in total. The van der Waals surface area contributed by atoms with Gasteiger partial charge in [-0.05, 0) is 26.4 Å². The lowest BCUT2D eigenvalue weighted by Gasteiger charge is -2.18.